The van der Waals surface area contributed by atoms with Crippen LogP contribution in [0.5, 0.6) is 17.2 Å². The van der Waals surface area contributed by atoms with Gasteiger partial charge in [0, 0.05) is 6.20 Å². The van der Waals surface area contributed by atoms with Crippen LogP contribution in [0.1, 0.15) is 11.1 Å². The number of hydrogen-bond acceptors (Lipinski definition) is 5. The molecule has 0 fully saturated rings. The average Bonchev–Trinajstić information content (AvgIpc) is 2.81. The van der Waals surface area contributed by atoms with Gasteiger partial charge in [0.2, 0.25) is 0 Å². The number of hydrogen-bond donors (Lipinski definition) is 1. The zero-order valence-corrected chi connectivity index (χ0v) is 16.3. The molecule has 0 aliphatic rings. The number of rotatable bonds is 8. The van der Waals surface area contributed by atoms with Crippen molar-refractivity contribution in [2.45, 2.75) is 6.61 Å². The second-order valence-electron chi connectivity index (χ2n) is 6.53. The van der Waals surface area contributed by atoms with Crippen LogP contribution in [0.15, 0.2) is 108 Å². The Bertz CT molecular complexity index is 1060. The fourth-order valence-corrected chi connectivity index (χ4v) is 2.71. The Kier molecular flexibility index (Phi) is 6.33. The summed E-state index contributed by atoms with van der Waals surface area (Å²) < 4.78 is 11.5. The van der Waals surface area contributed by atoms with Gasteiger partial charge in [0.15, 0.2) is 0 Å². The fourth-order valence-electron chi connectivity index (χ4n) is 2.71. The van der Waals surface area contributed by atoms with Gasteiger partial charge in [-0.3, -0.25) is 10.4 Å². The summed E-state index contributed by atoms with van der Waals surface area (Å²) in [6, 6.07) is 29.2. The van der Waals surface area contributed by atoms with Crippen LogP contribution in [0.25, 0.3) is 0 Å². The van der Waals surface area contributed by atoms with E-state index in [1.165, 1.54) is 0 Å². The van der Waals surface area contributed by atoms with Crippen LogP contribution in [0, 0.1) is 0 Å². The first kappa shape index (κ1) is 19.2. The molecular formula is C25H21N3O2. The highest BCUT2D eigenvalue weighted by atomic mass is 16.5. The largest absolute Gasteiger partial charge is 0.489 e. The maximum absolute atomic E-state index is 5.79. The van der Waals surface area contributed by atoms with Crippen LogP contribution in [-0.4, -0.2) is 11.2 Å². The van der Waals surface area contributed by atoms with Gasteiger partial charge in [-0.05, 0) is 71.8 Å². The molecule has 4 aromatic rings. The molecular weight excluding hydrogens is 374 g/mol. The zero-order chi connectivity index (χ0) is 20.4. The predicted molar refractivity (Wildman–Crippen MR) is 119 cm³/mol. The Labute approximate surface area is 175 Å². The van der Waals surface area contributed by atoms with Crippen LogP contribution in [0.4, 0.5) is 5.69 Å². The second kappa shape index (κ2) is 9.89. The number of anilines is 1. The highest BCUT2D eigenvalue weighted by Crippen LogP contribution is 2.20. The van der Waals surface area contributed by atoms with Gasteiger partial charge >= 0.3 is 0 Å². The van der Waals surface area contributed by atoms with Gasteiger partial charge in [-0.25, -0.2) is 0 Å². The maximum atomic E-state index is 5.79. The quantitative estimate of drug-likeness (QED) is 0.298. The van der Waals surface area contributed by atoms with Crippen LogP contribution < -0.4 is 14.9 Å². The third-order valence-electron chi connectivity index (χ3n) is 4.26. The van der Waals surface area contributed by atoms with Gasteiger partial charge in [0.1, 0.15) is 23.9 Å². The van der Waals surface area contributed by atoms with E-state index in [1.54, 1.807) is 18.6 Å². The van der Waals surface area contributed by atoms with Crippen molar-refractivity contribution in [2.24, 2.45) is 5.10 Å². The maximum Gasteiger partial charge on any atom is 0.145 e. The van der Waals surface area contributed by atoms with E-state index in [-0.39, 0.29) is 0 Å². The number of aromatic nitrogens is 1. The van der Waals surface area contributed by atoms with Crippen molar-refractivity contribution in [1.29, 1.82) is 0 Å². The third-order valence-corrected chi connectivity index (χ3v) is 4.26. The van der Waals surface area contributed by atoms with E-state index in [0.29, 0.717) is 12.4 Å². The summed E-state index contributed by atoms with van der Waals surface area (Å²) in [6.45, 7) is 0.548. The molecule has 1 aromatic heterocycles. The van der Waals surface area contributed by atoms with E-state index in [9.17, 15) is 0 Å². The van der Waals surface area contributed by atoms with E-state index < -0.39 is 0 Å². The highest BCUT2D eigenvalue weighted by Gasteiger charge is 1.98. The minimum Gasteiger partial charge on any atom is -0.489 e. The van der Waals surface area contributed by atoms with Crippen LogP contribution in [0.2, 0.25) is 0 Å². The lowest BCUT2D eigenvalue weighted by atomic mass is 10.2. The molecule has 0 spiro atoms. The molecule has 1 N–H and O–H groups in total. The molecule has 0 bridgehead atoms. The first-order valence-electron chi connectivity index (χ1n) is 9.59. The molecule has 0 saturated heterocycles. The normalized spacial score (nSPS) is 10.7. The molecule has 0 amide bonds. The van der Waals surface area contributed by atoms with Crippen molar-refractivity contribution in [1.82, 2.24) is 4.98 Å². The molecule has 0 aliphatic heterocycles. The Morgan fingerprint density at radius 1 is 0.767 bits per heavy atom. The summed E-state index contributed by atoms with van der Waals surface area (Å²) in [5.74, 6) is 2.27. The van der Waals surface area contributed by atoms with Gasteiger partial charge in [-0.2, -0.15) is 5.10 Å². The molecule has 0 radical (unpaired) electrons. The molecule has 0 aliphatic carbocycles. The topological polar surface area (TPSA) is 55.7 Å². The highest BCUT2D eigenvalue weighted by molar-refractivity contribution is 5.80. The standard InChI is InChI=1S/C25H21N3O2/c1-2-5-21(6-3-1)19-29-23-14-10-22(11-15-23)28-27-17-20-8-12-24(13-9-20)30-25-7-4-16-26-18-25/h1-18,28H,19H2/b27-17+. The van der Waals surface area contributed by atoms with Crippen molar-refractivity contribution < 1.29 is 9.47 Å². The molecule has 5 heteroatoms. The van der Waals surface area contributed by atoms with Crippen molar-refractivity contribution in [3.8, 4) is 17.2 Å². The Balaban J connectivity index is 1.26. The van der Waals surface area contributed by atoms with Crippen LogP contribution in [-0.2, 0) is 6.61 Å². The molecule has 0 saturated carbocycles. The Morgan fingerprint density at radius 3 is 2.27 bits per heavy atom. The number of ether oxygens (including phenoxy) is 2. The Hall–Kier alpha value is -4.12. The SMILES string of the molecule is C(=N\Nc1ccc(OCc2ccccc2)cc1)/c1ccc(Oc2cccnc2)cc1. The molecule has 5 nitrogen and oxygen atoms in total. The van der Waals surface area contributed by atoms with Gasteiger partial charge in [-0.1, -0.05) is 30.3 Å². The summed E-state index contributed by atoms with van der Waals surface area (Å²) >= 11 is 0. The number of pyridine rings is 1. The number of nitrogens with zero attached hydrogens (tertiary/aromatic N) is 2. The molecule has 30 heavy (non-hydrogen) atoms. The van der Waals surface area contributed by atoms with E-state index in [2.05, 4.69) is 15.5 Å². The van der Waals surface area contributed by atoms with Crippen LogP contribution >= 0.6 is 0 Å². The van der Waals surface area contributed by atoms with Crippen molar-refractivity contribution in [3.05, 3.63) is 115 Å². The lowest BCUT2D eigenvalue weighted by molar-refractivity contribution is 0.306. The lowest BCUT2D eigenvalue weighted by Gasteiger charge is -2.07. The van der Waals surface area contributed by atoms with Crippen molar-refractivity contribution in [2.75, 3.05) is 5.43 Å². The minimum atomic E-state index is 0.548. The smallest absolute Gasteiger partial charge is 0.145 e. The van der Waals surface area contributed by atoms with Crippen molar-refractivity contribution >= 4 is 11.9 Å². The molecule has 0 atom stereocenters. The predicted octanol–water partition coefficient (Wildman–Crippen LogP) is 5.90. The number of nitrogens with one attached hydrogen (secondary N) is 1. The van der Waals surface area contributed by atoms with E-state index in [4.69, 9.17) is 9.47 Å². The molecule has 3 aromatic carbocycles. The van der Waals surface area contributed by atoms with Gasteiger partial charge in [0.05, 0.1) is 18.1 Å². The first-order valence-corrected chi connectivity index (χ1v) is 9.59. The van der Waals surface area contributed by atoms with E-state index >= 15 is 0 Å². The third kappa shape index (κ3) is 5.69. The average molecular weight is 395 g/mol. The monoisotopic (exact) mass is 395 g/mol. The van der Waals surface area contributed by atoms with Gasteiger partial charge < -0.3 is 9.47 Å². The summed E-state index contributed by atoms with van der Waals surface area (Å²) in [5.41, 5.74) is 6.01. The van der Waals surface area contributed by atoms with E-state index in [0.717, 1.165) is 28.3 Å². The summed E-state index contributed by atoms with van der Waals surface area (Å²) in [5, 5.41) is 4.28. The van der Waals surface area contributed by atoms with Crippen LogP contribution in [0.3, 0.4) is 0 Å². The van der Waals surface area contributed by atoms with E-state index in [1.807, 2.05) is 91.0 Å². The number of hydrazone groups is 1. The summed E-state index contributed by atoms with van der Waals surface area (Å²) in [7, 11) is 0. The van der Waals surface area contributed by atoms with Crippen molar-refractivity contribution in [3.63, 3.8) is 0 Å². The molecule has 4 rings (SSSR count). The Morgan fingerprint density at radius 2 is 1.53 bits per heavy atom. The minimum absolute atomic E-state index is 0.548. The first-order chi connectivity index (χ1) is 14.8. The fraction of sp³-hybridized carbons (Fsp3) is 0.0400. The second-order valence-corrected chi connectivity index (χ2v) is 6.53. The van der Waals surface area contributed by atoms with Gasteiger partial charge in [-0.15, -0.1) is 0 Å². The van der Waals surface area contributed by atoms with Gasteiger partial charge in [0.25, 0.3) is 0 Å². The summed E-state index contributed by atoms with van der Waals surface area (Å²) in [6.07, 6.45) is 5.15. The number of benzene rings is 3. The lowest BCUT2D eigenvalue weighted by Crippen LogP contribution is -1.95. The molecule has 1 heterocycles. The molecule has 0 unspecified atom stereocenters. The molecule has 148 valence electrons. The zero-order valence-electron chi connectivity index (χ0n) is 16.3. The summed E-state index contributed by atoms with van der Waals surface area (Å²) in [4.78, 5) is 4.03.